The van der Waals surface area contributed by atoms with Crippen molar-refractivity contribution in [3.05, 3.63) is 53.8 Å². The predicted molar refractivity (Wildman–Crippen MR) is 81.5 cm³/mol. The summed E-state index contributed by atoms with van der Waals surface area (Å²) < 4.78 is 19.0. The van der Waals surface area contributed by atoms with Gasteiger partial charge in [-0.05, 0) is 54.7 Å². The highest BCUT2D eigenvalue weighted by atomic mass is 32.2. The first kappa shape index (κ1) is 14.4. The van der Waals surface area contributed by atoms with Gasteiger partial charge in [-0.25, -0.2) is 4.39 Å². The summed E-state index contributed by atoms with van der Waals surface area (Å²) in [5.41, 5.74) is 1.17. The summed E-state index contributed by atoms with van der Waals surface area (Å²) in [5.74, 6) is 1.03. The van der Waals surface area contributed by atoms with Gasteiger partial charge in [-0.3, -0.25) is 0 Å². The van der Waals surface area contributed by atoms with E-state index < -0.39 is 0 Å². The molecule has 1 unspecified atom stereocenters. The van der Waals surface area contributed by atoms with Gasteiger partial charge in [-0.15, -0.1) is 0 Å². The highest BCUT2D eigenvalue weighted by Gasteiger charge is 2.21. The molecule has 0 fully saturated rings. The van der Waals surface area contributed by atoms with Crippen LogP contribution in [0, 0.1) is 5.82 Å². The quantitative estimate of drug-likeness (QED) is 0.917. The SMILES string of the molecule is OCCC1CCOc2cc(Sc3cccc(F)c3)ccc21. The highest BCUT2D eigenvalue weighted by Crippen LogP contribution is 2.39. The lowest BCUT2D eigenvalue weighted by Crippen LogP contribution is -2.15. The standard InChI is InChI=1S/C17H17FO2S/c18-13-2-1-3-14(10-13)21-15-4-5-16-12(6-8-19)7-9-20-17(16)11-15/h1-5,10-12,19H,6-9H2. The molecule has 2 nitrogen and oxygen atoms in total. The van der Waals surface area contributed by atoms with E-state index in [1.807, 2.05) is 18.2 Å². The molecule has 21 heavy (non-hydrogen) atoms. The van der Waals surface area contributed by atoms with E-state index in [4.69, 9.17) is 9.84 Å². The van der Waals surface area contributed by atoms with Crippen molar-refractivity contribution in [2.75, 3.05) is 13.2 Å². The topological polar surface area (TPSA) is 29.5 Å². The Bertz CT molecular complexity index is 630. The molecule has 1 heterocycles. The Morgan fingerprint density at radius 1 is 1.19 bits per heavy atom. The van der Waals surface area contributed by atoms with Crippen LogP contribution in [0.4, 0.5) is 4.39 Å². The fourth-order valence-corrected chi connectivity index (χ4v) is 3.52. The Labute approximate surface area is 128 Å². The summed E-state index contributed by atoms with van der Waals surface area (Å²) in [5, 5.41) is 9.14. The second kappa shape index (κ2) is 6.50. The van der Waals surface area contributed by atoms with Gasteiger partial charge in [-0.1, -0.05) is 23.9 Å². The summed E-state index contributed by atoms with van der Waals surface area (Å²) >= 11 is 1.52. The maximum atomic E-state index is 13.2. The van der Waals surface area contributed by atoms with Crippen LogP contribution in [0.3, 0.4) is 0 Å². The van der Waals surface area contributed by atoms with Crippen molar-refractivity contribution in [3.8, 4) is 5.75 Å². The van der Waals surface area contributed by atoms with Crippen molar-refractivity contribution >= 4 is 11.8 Å². The van der Waals surface area contributed by atoms with Crippen LogP contribution >= 0.6 is 11.8 Å². The summed E-state index contributed by atoms with van der Waals surface area (Å²) in [6.07, 6.45) is 1.72. The van der Waals surface area contributed by atoms with Gasteiger partial charge in [-0.2, -0.15) is 0 Å². The fraction of sp³-hybridized carbons (Fsp3) is 0.294. The van der Waals surface area contributed by atoms with Crippen molar-refractivity contribution in [3.63, 3.8) is 0 Å². The van der Waals surface area contributed by atoms with E-state index in [9.17, 15) is 4.39 Å². The minimum atomic E-state index is -0.225. The molecule has 1 N–H and O–H groups in total. The molecule has 0 bridgehead atoms. The van der Waals surface area contributed by atoms with Crippen molar-refractivity contribution in [2.24, 2.45) is 0 Å². The summed E-state index contributed by atoms with van der Waals surface area (Å²) in [7, 11) is 0. The van der Waals surface area contributed by atoms with Crippen molar-refractivity contribution in [1.29, 1.82) is 0 Å². The lowest BCUT2D eigenvalue weighted by Gasteiger charge is -2.25. The average Bonchev–Trinajstić information content (AvgIpc) is 2.48. The molecule has 4 heteroatoms. The van der Waals surface area contributed by atoms with Crippen LogP contribution in [0.5, 0.6) is 5.75 Å². The maximum Gasteiger partial charge on any atom is 0.124 e. The van der Waals surface area contributed by atoms with Crippen LogP contribution in [-0.2, 0) is 0 Å². The Morgan fingerprint density at radius 2 is 2.05 bits per heavy atom. The van der Waals surface area contributed by atoms with Crippen molar-refractivity contribution in [2.45, 2.75) is 28.6 Å². The minimum absolute atomic E-state index is 0.198. The lowest BCUT2D eigenvalue weighted by molar-refractivity contribution is 0.229. The van der Waals surface area contributed by atoms with Gasteiger partial charge in [0.15, 0.2) is 0 Å². The van der Waals surface area contributed by atoms with Gasteiger partial charge in [0.05, 0.1) is 6.61 Å². The molecule has 1 atom stereocenters. The molecule has 0 saturated carbocycles. The Balaban J connectivity index is 1.82. The molecule has 0 spiro atoms. The molecule has 0 radical (unpaired) electrons. The van der Waals surface area contributed by atoms with Crippen LogP contribution in [0.15, 0.2) is 52.3 Å². The zero-order valence-electron chi connectivity index (χ0n) is 11.6. The monoisotopic (exact) mass is 304 g/mol. The van der Waals surface area contributed by atoms with Gasteiger partial charge in [0.2, 0.25) is 0 Å². The zero-order chi connectivity index (χ0) is 14.7. The second-order valence-electron chi connectivity index (χ2n) is 5.11. The van der Waals surface area contributed by atoms with Crippen LogP contribution in [-0.4, -0.2) is 18.3 Å². The van der Waals surface area contributed by atoms with Crippen LogP contribution in [0.2, 0.25) is 0 Å². The third-order valence-corrected chi connectivity index (χ3v) is 4.64. The average molecular weight is 304 g/mol. The van der Waals surface area contributed by atoms with Gasteiger partial charge in [0.1, 0.15) is 11.6 Å². The van der Waals surface area contributed by atoms with E-state index in [1.165, 1.54) is 29.5 Å². The number of halogens is 1. The largest absolute Gasteiger partial charge is 0.493 e. The number of rotatable bonds is 4. The molecule has 3 rings (SSSR count). The van der Waals surface area contributed by atoms with Gasteiger partial charge < -0.3 is 9.84 Å². The summed E-state index contributed by atoms with van der Waals surface area (Å²) in [6.45, 7) is 0.885. The van der Waals surface area contributed by atoms with Gasteiger partial charge in [0.25, 0.3) is 0 Å². The summed E-state index contributed by atoms with van der Waals surface area (Å²) in [4.78, 5) is 1.90. The van der Waals surface area contributed by atoms with Crippen LogP contribution < -0.4 is 4.74 Å². The molecular weight excluding hydrogens is 287 g/mol. The number of benzene rings is 2. The predicted octanol–water partition coefficient (Wildman–Crippen LogP) is 4.23. The molecule has 0 saturated heterocycles. The zero-order valence-corrected chi connectivity index (χ0v) is 12.4. The van der Waals surface area contributed by atoms with Gasteiger partial charge >= 0.3 is 0 Å². The van der Waals surface area contributed by atoms with Crippen molar-refractivity contribution < 1.29 is 14.2 Å². The molecular formula is C17H17FO2S. The third kappa shape index (κ3) is 3.39. The minimum Gasteiger partial charge on any atom is -0.493 e. The number of fused-ring (bicyclic) bond motifs is 1. The van der Waals surface area contributed by atoms with Crippen LogP contribution in [0.25, 0.3) is 0 Å². The molecule has 110 valence electrons. The third-order valence-electron chi connectivity index (χ3n) is 3.66. The van der Waals surface area contributed by atoms with Crippen molar-refractivity contribution in [1.82, 2.24) is 0 Å². The molecule has 0 amide bonds. The molecule has 1 aliphatic heterocycles. The Hall–Kier alpha value is -1.52. The molecule has 0 aromatic heterocycles. The molecule has 0 aliphatic carbocycles. The first-order valence-corrected chi connectivity index (χ1v) is 7.89. The highest BCUT2D eigenvalue weighted by molar-refractivity contribution is 7.99. The number of ether oxygens (including phenoxy) is 1. The smallest absolute Gasteiger partial charge is 0.124 e. The number of hydrogen-bond acceptors (Lipinski definition) is 3. The first-order chi connectivity index (χ1) is 10.3. The van der Waals surface area contributed by atoms with E-state index >= 15 is 0 Å². The van der Waals surface area contributed by atoms with E-state index in [1.54, 1.807) is 6.07 Å². The lowest BCUT2D eigenvalue weighted by atomic mass is 9.91. The van der Waals surface area contributed by atoms with E-state index in [-0.39, 0.29) is 12.4 Å². The normalized spacial score (nSPS) is 17.1. The number of hydrogen-bond donors (Lipinski definition) is 1. The van der Waals surface area contributed by atoms with E-state index in [0.29, 0.717) is 12.5 Å². The molecule has 1 aliphatic rings. The maximum absolute atomic E-state index is 13.2. The van der Waals surface area contributed by atoms with Crippen LogP contribution in [0.1, 0.15) is 24.3 Å². The Morgan fingerprint density at radius 3 is 2.86 bits per heavy atom. The van der Waals surface area contributed by atoms with E-state index in [2.05, 4.69) is 6.07 Å². The Kier molecular flexibility index (Phi) is 4.46. The fourth-order valence-electron chi connectivity index (χ4n) is 2.63. The number of aliphatic hydroxyl groups excluding tert-OH is 1. The first-order valence-electron chi connectivity index (χ1n) is 7.07. The summed E-state index contributed by atoms with van der Waals surface area (Å²) in [6, 6.07) is 12.7. The molecule has 2 aromatic carbocycles. The van der Waals surface area contributed by atoms with Gasteiger partial charge in [0, 0.05) is 16.4 Å². The second-order valence-corrected chi connectivity index (χ2v) is 6.25. The van der Waals surface area contributed by atoms with E-state index in [0.717, 1.165) is 28.4 Å². The molecule has 2 aromatic rings. The number of aliphatic hydroxyl groups is 1.